The van der Waals surface area contributed by atoms with Crippen molar-refractivity contribution in [1.29, 1.82) is 0 Å². The SMILES string of the molecule is O=C1CC(CCl)CN1c1nc(-c2ccccc2F)cs1. The van der Waals surface area contributed by atoms with E-state index < -0.39 is 0 Å². The number of carbonyl (C=O) groups is 1. The first kappa shape index (κ1) is 13.5. The topological polar surface area (TPSA) is 33.2 Å². The van der Waals surface area contributed by atoms with Crippen molar-refractivity contribution in [2.45, 2.75) is 6.42 Å². The Kier molecular flexibility index (Phi) is 3.72. The Morgan fingerprint density at radius 3 is 2.95 bits per heavy atom. The van der Waals surface area contributed by atoms with Crippen molar-refractivity contribution in [2.24, 2.45) is 5.92 Å². The number of hydrogen-bond donors (Lipinski definition) is 0. The van der Waals surface area contributed by atoms with Crippen LogP contribution in [0.25, 0.3) is 11.3 Å². The average molecular weight is 311 g/mol. The summed E-state index contributed by atoms with van der Waals surface area (Å²) < 4.78 is 13.7. The number of hydrogen-bond acceptors (Lipinski definition) is 3. The molecular formula is C14H12ClFN2OS. The summed E-state index contributed by atoms with van der Waals surface area (Å²) in [5, 5.41) is 2.38. The number of halogens is 2. The lowest BCUT2D eigenvalue weighted by molar-refractivity contribution is -0.117. The maximum absolute atomic E-state index is 13.7. The Labute approximate surface area is 125 Å². The number of thiazole rings is 1. The Bertz CT molecular complexity index is 646. The van der Waals surface area contributed by atoms with E-state index in [0.717, 1.165) is 0 Å². The molecule has 3 rings (SSSR count). The molecule has 1 aliphatic heterocycles. The Morgan fingerprint density at radius 1 is 1.45 bits per heavy atom. The summed E-state index contributed by atoms with van der Waals surface area (Å²) in [6.45, 7) is 0.590. The molecule has 0 aliphatic carbocycles. The largest absolute Gasteiger partial charge is 0.288 e. The number of benzene rings is 1. The molecule has 2 heterocycles. The minimum atomic E-state index is -0.310. The molecule has 0 saturated carbocycles. The van der Waals surface area contributed by atoms with Crippen LogP contribution in [-0.2, 0) is 4.79 Å². The molecule has 0 N–H and O–H groups in total. The second kappa shape index (κ2) is 5.50. The normalized spacial score (nSPS) is 18.8. The van der Waals surface area contributed by atoms with Crippen molar-refractivity contribution in [3.8, 4) is 11.3 Å². The third-order valence-corrected chi connectivity index (χ3v) is 4.60. The fourth-order valence-electron chi connectivity index (χ4n) is 2.25. The molecule has 104 valence electrons. The molecule has 2 aromatic rings. The van der Waals surface area contributed by atoms with E-state index in [4.69, 9.17) is 11.6 Å². The van der Waals surface area contributed by atoms with Crippen LogP contribution in [-0.4, -0.2) is 23.3 Å². The number of nitrogens with zero attached hydrogens (tertiary/aromatic N) is 2. The zero-order valence-electron chi connectivity index (χ0n) is 10.6. The van der Waals surface area contributed by atoms with Crippen LogP contribution in [0.15, 0.2) is 29.6 Å². The molecule has 1 aromatic carbocycles. The van der Waals surface area contributed by atoms with Gasteiger partial charge < -0.3 is 0 Å². The van der Waals surface area contributed by atoms with Gasteiger partial charge in [-0.3, -0.25) is 9.69 Å². The van der Waals surface area contributed by atoms with Gasteiger partial charge in [-0.25, -0.2) is 9.37 Å². The fraction of sp³-hybridized carbons (Fsp3) is 0.286. The summed E-state index contributed by atoms with van der Waals surface area (Å²) in [6, 6.07) is 6.49. The molecule has 1 amide bonds. The lowest BCUT2D eigenvalue weighted by Gasteiger charge is -2.11. The van der Waals surface area contributed by atoms with E-state index in [9.17, 15) is 9.18 Å². The van der Waals surface area contributed by atoms with Crippen LogP contribution in [0.5, 0.6) is 0 Å². The number of rotatable bonds is 3. The van der Waals surface area contributed by atoms with E-state index in [1.165, 1.54) is 17.4 Å². The summed E-state index contributed by atoms with van der Waals surface area (Å²) in [5.74, 6) is 0.360. The maximum atomic E-state index is 13.7. The van der Waals surface area contributed by atoms with E-state index in [1.54, 1.807) is 28.5 Å². The molecule has 1 unspecified atom stereocenters. The minimum Gasteiger partial charge on any atom is -0.288 e. The summed E-state index contributed by atoms with van der Waals surface area (Å²) in [5.41, 5.74) is 1.01. The average Bonchev–Trinajstić information content (AvgIpc) is 3.05. The predicted octanol–water partition coefficient (Wildman–Crippen LogP) is 3.54. The van der Waals surface area contributed by atoms with Crippen LogP contribution in [0.2, 0.25) is 0 Å². The fourth-order valence-corrected chi connectivity index (χ4v) is 3.31. The molecule has 20 heavy (non-hydrogen) atoms. The number of alkyl halides is 1. The smallest absolute Gasteiger partial charge is 0.229 e. The predicted molar refractivity (Wildman–Crippen MR) is 78.7 cm³/mol. The zero-order valence-corrected chi connectivity index (χ0v) is 12.1. The monoisotopic (exact) mass is 310 g/mol. The van der Waals surface area contributed by atoms with Crippen LogP contribution in [0.1, 0.15) is 6.42 Å². The first-order valence-corrected chi connectivity index (χ1v) is 7.67. The van der Waals surface area contributed by atoms with Crippen molar-refractivity contribution in [1.82, 2.24) is 4.98 Å². The number of carbonyl (C=O) groups excluding carboxylic acids is 1. The zero-order chi connectivity index (χ0) is 14.1. The molecule has 1 aromatic heterocycles. The van der Waals surface area contributed by atoms with Gasteiger partial charge in [0.15, 0.2) is 5.13 Å². The molecule has 0 bridgehead atoms. The van der Waals surface area contributed by atoms with Crippen LogP contribution in [0.3, 0.4) is 0 Å². The third kappa shape index (κ3) is 2.43. The van der Waals surface area contributed by atoms with Crippen molar-refractivity contribution >= 4 is 34.0 Å². The Balaban J connectivity index is 1.88. The lowest BCUT2D eigenvalue weighted by Crippen LogP contribution is -2.24. The Hall–Kier alpha value is -1.46. The van der Waals surface area contributed by atoms with Gasteiger partial charge in [0.1, 0.15) is 5.82 Å². The van der Waals surface area contributed by atoms with E-state index in [2.05, 4.69) is 4.98 Å². The summed E-state index contributed by atoms with van der Waals surface area (Å²) >= 11 is 7.15. The Morgan fingerprint density at radius 2 is 2.25 bits per heavy atom. The van der Waals surface area contributed by atoms with Gasteiger partial charge in [0, 0.05) is 29.8 Å². The highest BCUT2D eigenvalue weighted by atomic mass is 35.5. The molecule has 1 aliphatic rings. The lowest BCUT2D eigenvalue weighted by atomic mass is 10.1. The van der Waals surface area contributed by atoms with Gasteiger partial charge >= 0.3 is 0 Å². The molecule has 0 radical (unpaired) electrons. The quantitative estimate of drug-likeness (QED) is 0.812. The molecular weight excluding hydrogens is 299 g/mol. The molecule has 1 saturated heterocycles. The van der Waals surface area contributed by atoms with Crippen molar-refractivity contribution in [2.75, 3.05) is 17.3 Å². The number of aromatic nitrogens is 1. The molecule has 6 heteroatoms. The molecule has 1 fully saturated rings. The maximum Gasteiger partial charge on any atom is 0.229 e. The van der Waals surface area contributed by atoms with E-state index in [1.807, 2.05) is 0 Å². The van der Waals surface area contributed by atoms with Gasteiger partial charge in [-0.15, -0.1) is 22.9 Å². The number of amides is 1. The van der Waals surface area contributed by atoms with Gasteiger partial charge in [0.2, 0.25) is 5.91 Å². The van der Waals surface area contributed by atoms with Gasteiger partial charge in [-0.1, -0.05) is 12.1 Å². The van der Waals surface area contributed by atoms with Gasteiger partial charge in [-0.05, 0) is 18.1 Å². The van der Waals surface area contributed by atoms with Gasteiger partial charge in [0.05, 0.1) is 5.69 Å². The molecule has 1 atom stereocenters. The van der Waals surface area contributed by atoms with E-state index >= 15 is 0 Å². The van der Waals surface area contributed by atoms with Crippen LogP contribution in [0, 0.1) is 11.7 Å². The molecule has 0 spiro atoms. The van der Waals surface area contributed by atoms with Gasteiger partial charge in [-0.2, -0.15) is 0 Å². The highest BCUT2D eigenvalue weighted by Crippen LogP contribution is 2.32. The first-order chi connectivity index (χ1) is 9.69. The first-order valence-electron chi connectivity index (χ1n) is 6.26. The van der Waals surface area contributed by atoms with Crippen molar-refractivity contribution < 1.29 is 9.18 Å². The van der Waals surface area contributed by atoms with E-state index in [-0.39, 0.29) is 17.6 Å². The highest BCUT2D eigenvalue weighted by molar-refractivity contribution is 7.14. The second-order valence-corrected chi connectivity index (χ2v) is 5.87. The van der Waals surface area contributed by atoms with Crippen molar-refractivity contribution in [3.05, 3.63) is 35.5 Å². The minimum absolute atomic E-state index is 0.0325. The van der Waals surface area contributed by atoms with Crippen LogP contribution >= 0.6 is 22.9 Å². The molecule has 3 nitrogen and oxygen atoms in total. The highest BCUT2D eigenvalue weighted by Gasteiger charge is 2.31. The van der Waals surface area contributed by atoms with Crippen molar-refractivity contribution in [3.63, 3.8) is 0 Å². The summed E-state index contributed by atoms with van der Waals surface area (Å²) in [7, 11) is 0. The van der Waals surface area contributed by atoms with Crippen LogP contribution < -0.4 is 4.90 Å². The standard InChI is InChI=1S/C14H12ClFN2OS/c15-6-9-5-13(19)18(7-9)14-17-12(8-20-14)10-3-1-2-4-11(10)16/h1-4,8-9H,5-7H2. The van der Waals surface area contributed by atoms with Gasteiger partial charge in [0.25, 0.3) is 0 Å². The van der Waals surface area contributed by atoms with E-state index in [0.29, 0.717) is 35.2 Å². The summed E-state index contributed by atoms with van der Waals surface area (Å²) in [4.78, 5) is 17.9. The number of anilines is 1. The second-order valence-electron chi connectivity index (χ2n) is 4.72. The van der Waals surface area contributed by atoms with Crippen LogP contribution in [0.4, 0.5) is 9.52 Å². The third-order valence-electron chi connectivity index (χ3n) is 3.30. The summed E-state index contributed by atoms with van der Waals surface area (Å²) in [6.07, 6.45) is 0.456.